The molecule has 0 heterocycles. The van der Waals surface area contributed by atoms with E-state index in [0.29, 0.717) is 25.7 Å². The van der Waals surface area contributed by atoms with Gasteiger partial charge in [-0.05, 0) is 31.6 Å². The van der Waals surface area contributed by atoms with Gasteiger partial charge in [-0.15, -0.1) is 0 Å². The third-order valence-electron chi connectivity index (χ3n) is 18.6. The average molecular weight is 1420 g/mol. The van der Waals surface area contributed by atoms with Crippen molar-refractivity contribution in [1.82, 2.24) is 0 Å². The molecule has 0 fully saturated rings. The highest BCUT2D eigenvalue weighted by Gasteiger charge is 2.30. The van der Waals surface area contributed by atoms with E-state index in [1.54, 1.807) is 0 Å². The zero-order valence-corrected chi connectivity index (χ0v) is 65.0. The van der Waals surface area contributed by atoms with Crippen molar-refractivity contribution >= 4 is 39.5 Å². The van der Waals surface area contributed by atoms with Crippen LogP contribution in [0.15, 0.2) is 0 Å². The predicted octanol–water partition coefficient (Wildman–Crippen LogP) is 23.3. The Hall–Kier alpha value is -1.94. The van der Waals surface area contributed by atoms with Crippen LogP contribution in [0.5, 0.6) is 0 Å². The lowest BCUT2D eigenvalue weighted by molar-refractivity contribution is -0.161. The van der Waals surface area contributed by atoms with E-state index in [4.69, 9.17) is 37.0 Å². The Morgan fingerprint density at radius 1 is 0.289 bits per heavy atom. The first kappa shape index (κ1) is 95.1. The standard InChI is InChI=1S/C78H152O17P2/c1-6-10-13-16-19-22-25-28-30-32-34-37-39-42-45-51-56-61-75(80)88-67-73(94-77(82)64-59-54-47-44-41-38-35-33-31-29-26-23-20-17-14-11-7-2)69-92-96(84,85)90-65-72(79)66-91-97(86,87)93-70-74(68-89-76(81)62-57-52-49-48-50-55-60-71(5)9-4)95-78(83)63-58-53-46-43-40-36-27-24-21-18-15-12-8-3/h71-74,79H,6-70H2,1-5H3,(H,84,85)(H,86,87)/t71?,72-,73-,74-/m1/s1. The summed E-state index contributed by atoms with van der Waals surface area (Å²) < 4.78 is 68.6. The summed E-state index contributed by atoms with van der Waals surface area (Å²) in [5.41, 5.74) is 0. The Labute approximate surface area is 594 Å². The van der Waals surface area contributed by atoms with Gasteiger partial charge in [0.1, 0.15) is 19.3 Å². The zero-order valence-electron chi connectivity index (χ0n) is 63.2. The number of rotatable bonds is 78. The van der Waals surface area contributed by atoms with Gasteiger partial charge in [0.05, 0.1) is 26.4 Å². The van der Waals surface area contributed by atoms with Crippen LogP contribution in [0, 0.1) is 5.92 Å². The van der Waals surface area contributed by atoms with Crippen molar-refractivity contribution in [3.05, 3.63) is 0 Å². The number of phosphoric ester groups is 2. The highest BCUT2D eigenvalue weighted by molar-refractivity contribution is 7.47. The van der Waals surface area contributed by atoms with Gasteiger partial charge in [-0.25, -0.2) is 9.13 Å². The van der Waals surface area contributed by atoms with Gasteiger partial charge in [0.15, 0.2) is 12.2 Å². The van der Waals surface area contributed by atoms with Crippen LogP contribution in [0.3, 0.4) is 0 Å². The average Bonchev–Trinajstić information content (AvgIpc) is 1.58. The summed E-state index contributed by atoms with van der Waals surface area (Å²) in [7, 11) is -9.91. The molecule has 0 aromatic rings. The Balaban J connectivity index is 5.24. The third-order valence-corrected chi connectivity index (χ3v) is 20.5. The molecule has 6 atom stereocenters. The Kier molecular flexibility index (Phi) is 69.6. The SMILES string of the molecule is CCCCCCCCCCCCCCCCCCCC(=O)OC[C@H](COP(=O)(O)OC[C@@H](O)COP(=O)(O)OC[C@@H](COC(=O)CCCCCCCCC(C)CC)OC(=O)CCCCCCCCCCCCCCC)OC(=O)CCCCCCCCCCCCCCCCCCC. The van der Waals surface area contributed by atoms with Crippen molar-refractivity contribution in [1.29, 1.82) is 0 Å². The maximum atomic E-state index is 13.1. The van der Waals surface area contributed by atoms with Gasteiger partial charge < -0.3 is 33.8 Å². The van der Waals surface area contributed by atoms with Gasteiger partial charge in [0.2, 0.25) is 0 Å². The van der Waals surface area contributed by atoms with E-state index in [9.17, 15) is 43.2 Å². The molecule has 0 radical (unpaired) electrons. The molecule has 0 aliphatic heterocycles. The number of hydrogen-bond acceptors (Lipinski definition) is 15. The van der Waals surface area contributed by atoms with E-state index in [1.807, 2.05) is 0 Å². The molecule has 0 saturated carbocycles. The number of aliphatic hydroxyl groups excluding tert-OH is 1. The van der Waals surface area contributed by atoms with E-state index < -0.39 is 97.5 Å². The summed E-state index contributed by atoms with van der Waals surface area (Å²) in [6.07, 6.45) is 61.0. The maximum absolute atomic E-state index is 13.1. The molecule has 0 saturated heterocycles. The van der Waals surface area contributed by atoms with Gasteiger partial charge in [-0.2, -0.15) is 0 Å². The summed E-state index contributed by atoms with van der Waals surface area (Å²) in [6.45, 7) is 7.28. The van der Waals surface area contributed by atoms with Crippen molar-refractivity contribution in [2.24, 2.45) is 5.92 Å². The molecule has 0 rings (SSSR count). The number of esters is 4. The van der Waals surface area contributed by atoms with Crippen LogP contribution in [0.1, 0.15) is 413 Å². The number of unbranched alkanes of at least 4 members (excludes halogenated alkanes) is 49. The molecule has 17 nitrogen and oxygen atoms in total. The monoisotopic (exact) mass is 1420 g/mol. The Morgan fingerprint density at radius 3 is 0.732 bits per heavy atom. The molecule has 0 aliphatic rings. The van der Waals surface area contributed by atoms with E-state index in [0.717, 1.165) is 102 Å². The number of carbonyl (C=O) groups excluding carboxylic acids is 4. The first-order valence-electron chi connectivity index (χ1n) is 40.7. The lowest BCUT2D eigenvalue weighted by atomic mass is 10.00. The smallest absolute Gasteiger partial charge is 0.462 e. The second kappa shape index (κ2) is 71.1. The van der Waals surface area contributed by atoms with E-state index >= 15 is 0 Å². The molecular formula is C78H152O17P2. The molecule has 0 spiro atoms. The van der Waals surface area contributed by atoms with Crippen LogP contribution in [0.25, 0.3) is 0 Å². The van der Waals surface area contributed by atoms with Gasteiger partial charge in [-0.1, -0.05) is 362 Å². The lowest BCUT2D eigenvalue weighted by Crippen LogP contribution is -2.30. The summed E-state index contributed by atoms with van der Waals surface area (Å²) in [5.74, 6) is -1.38. The van der Waals surface area contributed by atoms with Crippen molar-refractivity contribution < 1.29 is 80.2 Å². The van der Waals surface area contributed by atoms with E-state index in [1.165, 1.54) is 231 Å². The van der Waals surface area contributed by atoms with Crippen LogP contribution in [-0.2, 0) is 65.4 Å². The van der Waals surface area contributed by atoms with Crippen LogP contribution in [0.2, 0.25) is 0 Å². The predicted molar refractivity (Wildman–Crippen MR) is 395 cm³/mol. The maximum Gasteiger partial charge on any atom is 0.472 e. The Morgan fingerprint density at radius 2 is 0.495 bits per heavy atom. The molecular weight excluding hydrogens is 1270 g/mol. The van der Waals surface area contributed by atoms with Crippen LogP contribution < -0.4 is 0 Å². The first-order valence-corrected chi connectivity index (χ1v) is 43.7. The van der Waals surface area contributed by atoms with Crippen LogP contribution in [0.4, 0.5) is 0 Å². The van der Waals surface area contributed by atoms with Gasteiger partial charge in [0.25, 0.3) is 0 Å². The largest absolute Gasteiger partial charge is 0.472 e. The Bertz CT molecular complexity index is 1860. The number of carbonyl (C=O) groups is 4. The quantitative estimate of drug-likeness (QED) is 0.0222. The minimum Gasteiger partial charge on any atom is -0.462 e. The highest BCUT2D eigenvalue weighted by atomic mass is 31.2. The van der Waals surface area contributed by atoms with Crippen molar-refractivity contribution in [2.75, 3.05) is 39.6 Å². The number of hydrogen-bond donors (Lipinski definition) is 3. The van der Waals surface area contributed by atoms with Crippen molar-refractivity contribution in [2.45, 2.75) is 432 Å². The molecule has 3 N–H and O–H groups in total. The molecule has 0 aromatic heterocycles. The third kappa shape index (κ3) is 70.9. The normalized spacial score (nSPS) is 14.2. The molecule has 0 bridgehead atoms. The highest BCUT2D eigenvalue weighted by Crippen LogP contribution is 2.45. The molecule has 97 heavy (non-hydrogen) atoms. The molecule has 3 unspecified atom stereocenters. The summed E-state index contributed by atoms with van der Waals surface area (Å²) >= 11 is 0. The van der Waals surface area contributed by atoms with E-state index in [2.05, 4.69) is 34.6 Å². The minimum atomic E-state index is -4.96. The molecule has 19 heteroatoms. The minimum absolute atomic E-state index is 0.107. The fourth-order valence-corrected chi connectivity index (χ4v) is 13.6. The van der Waals surface area contributed by atoms with Crippen molar-refractivity contribution in [3.63, 3.8) is 0 Å². The molecule has 0 aromatic carbocycles. The second-order valence-electron chi connectivity index (χ2n) is 28.3. The molecule has 0 aliphatic carbocycles. The number of ether oxygens (including phenoxy) is 4. The van der Waals surface area contributed by atoms with Crippen molar-refractivity contribution in [3.8, 4) is 0 Å². The fourth-order valence-electron chi connectivity index (χ4n) is 12.0. The van der Waals surface area contributed by atoms with Gasteiger partial charge in [0, 0.05) is 25.7 Å². The number of phosphoric acid groups is 2. The number of aliphatic hydroxyl groups is 1. The molecule has 576 valence electrons. The zero-order chi connectivity index (χ0) is 71.2. The van der Waals surface area contributed by atoms with Crippen LogP contribution >= 0.6 is 15.6 Å². The van der Waals surface area contributed by atoms with Crippen LogP contribution in [-0.4, -0.2) is 96.7 Å². The molecule has 0 amide bonds. The lowest BCUT2D eigenvalue weighted by Gasteiger charge is -2.21. The first-order chi connectivity index (χ1) is 47.1. The van der Waals surface area contributed by atoms with Gasteiger partial charge in [-0.3, -0.25) is 37.3 Å². The topological polar surface area (TPSA) is 237 Å². The summed E-state index contributed by atoms with van der Waals surface area (Å²) in [6, 6.07) is 0. The summed E-state index contributed by atoms with van der Waals surface area (Å²) in [4.78, 5) is 72.9. The van der Waals surface area contributed by atoms with E-state index in [-0.39, 0.29) is 25.7 Å². The van der Waals surface area contributed by atoms with Gasteiger partial charge >= 0.3 is 39.5 Å². The second-order valence-corrected chi connectivity index (χ2v) is 31.3. The fraction of sp³-hybridized carbons (Fsp3) is 0.949. The summed E-state index contributed by atoms with van der Waals surface area (Å²) in [5, 5.41) is 10.6.